The molecule has 1 aromatic carbocycles. The molecule has 0 aromatic heterocycles. The van der Waals surface area contributed by atoms with Crippen LogP contribution in [0.1, 0.15) is 58.2 Å². The van der Waals surface area contributed by atoms with Gasteiger partial charge in [-0.25, -0.2) is 0 Å². The zero-order valence-corrected chi connectivity index (χ0v) is 21.7. The molecule has 1 aromatic rings. The maximum atomic E-state index is 2.45. The minimum absolute atomic E-state index is 0. The van der Waals surface area contributed by atoms with E-state index in [0.29, 0.717) is 0 Å². The number of hydrogen-bond donors (Lipinski definition) is 0. The fourth-order valence-corrected chi connectivity index (χ4v) is 7.68. The quantitative estimate of drug-likeness (QED) is 0.281. The van der Waals surface area contributed by atoms with Gasteiger partial charge >= 0.3 is 0 Å². The van der Waals surface area contributed by atoms with Gasteiger partial charge in [0.1, 0.15) is 0 Å². The fourth-order valence-electron chi connectivity index (χ4n) is 3.87. The van der Waals surface area contributed by atoms with Crippen molar-refractivity contribution in [1.82, 2.24) is 4.67 Å². The predicted molar refractivity (Wildman–Crippen MR) is 118 cm³/mol. The summed E-state index contributed by atoms with van der Waals surface area (Å²) in [6.45, 7) is 23.0. The van der Waals surface area contributed by atoms with Gasteiger partial charge in [0, 0.05) is 26.8 Å². The molecular formula is C22H38N2PPt-3. The number of benzene rings is 1. The third-order valence-electron chi connectivity index (χ3n) is 4.02. The molecule has 154 valence electrons. The summed E-state index contributed by atoms with van der Waals surface area (Å²) in [6, 6.07) is 4.53. The monoisotopic (exact) mass is 556 g/mol. The number of anilines is 1. The Morgan fingerprint density at radius 2 is 1.23 bits per heavy atom. The summed E-state index contributed by atoms with van der Waals surface area (Å²) >= 11 is 0. The summed E-state index contributed by atoms with van der Waals surface area (Å²) in [7, 11) is -0.337. The predicted octanol–water partition coefficient (Wildman–Crippen LogP) is 7.22. The van der Waals surface area contributed by atoms with E-state index in [2.05, 4.69) is 103 Å². The van der Waals surface area contributed by atoms with Crippen LogP contribution in [0.15, 0.2) is 24.5 Å². The van der Waals surface area contributed by atoms with E-state index < -0.39 is 0 Å². The summed E-state index contributed by atoms with van der Waals surface area (Å²) in [5.74, 6) is 0. The molecule has 1 heterocycles. The Hall–Kier alpha value is -0.322. The normalized spacial score (nSPS) is 14.1. The molecule has 0 spiro atoms. The largest absolute Gasteiger partial charge is 0.487 e. The molecule has 0 N–H and O–H groups in total. The zero-order valence-electron chi connectivity index (χ0n) is 18.5. The Kier molecular flexibility index (Phi) is 10.5. The van der Waals surface area contributed by atoms with Crippen molar-refractivity contribution >= 4 is 13.8 Å². The molecule has 0 amide bonds. The van der Waals surface area contributed by atoms with Crippen LogP contribution in [0, 0.1) is 42.3 Å². The van der Waals surface area contributed by atoms with E-state index in [-0.39, 0.29) is 54.3 Å². The second-order valence-electron chi connectivity index (χ2n) is 8.60. The first-order valence-electron chi connectivity index (χ1n) is 8.39. The standard InChI is InChI=1S/C20H32N2P.2CH3.Pt/c1-15-12-16(2)18(17(3)13-15)21-10-11-22(14-21)23(19(4,5)6)20(7,8)9;;;/h10-14H,1-9H3;2*1H3;/q3*-1;. The van der Waals surface area contributed by atoms with E-state index in [0.717, 1.165) is 0 Å². The van der Waals surface area contributed by atoms with Crippen molar-refractivity contribution in [2.24, 2.45) is 0 Å². The molecule has 0 saturated heterocycles. The van der Waals surface area contributed by atoms with E-state index in [1.165, 1.54) is 22.4 Å². The Labute approximate surface area is 179 Å². The minimum atomic E-state index is -0.337. The summed E-state index contributed by atoms with van der Waals surface area (Å²) in [6.07, 6.45) is 4.46. The van der Waals surface area contributed by atoms with E-state index in [4.69, 9.17) is 0 Å². The molecule has 0 unspecified atom stereocenters. The molecule has 0 radical (unpaired) electrons. The SMILES string of the molecule is Cc1cc(C)c(N2C=CN(P(C(C)(C)C)C(C)(C)C)[CH-]2)c(C)c1.[CH3-].[CH3-].[Pt]. The first-order valence-corrected chi connectivity index (χ1v) is 9.69. The van der Waals surface area contributed by atoms with Gasteiger partial charge in [0.25, 0.3) is 0 Å². The average Bonchev–Trinajstić information content (AvgIpc) is 2.71. The Balaban J connectivity index is 0. The molecule has 0 atom stereocenters. The van der Waals surface area contributed by atoms with Crippen molar-refractivity contribution in [2.45, 2.75) is 72.6 Å². The maximum absolute atomic E-state index is 2.45. The van der Waals surface area contributed by atoms with Crippen LogP contribution >= 0.6 is 8.07 Å². The van der Waals surface area contributed by atoms with Crippen LogP contribution in [0.2, 0.25) is 0 Å². The Morgan fingerprint density at radius 3 is 1.62 bits per heavy atom. The van der Waals surface area contributed by atoms with Crippen molar-refractivity contribution in [3.63, 3.8) is 0 Å². The van der Waals surface area contributed by atoms with E-state index in [9.17, 15) is 0 Å². The van der Waals surface area contributed by atoms with Crippen LogP contribution in [0.3, 0.4) is 0 Å². The Bertz CT molecular complexity index is 575. The van der Waals surface area contributed by atoms with Gasteiger partial charge < -0.3 is 24.4 Å². The van der Waals surface area contributed by atoms with Crippen LogP contribution in [0.25, 0.3) is 0 Å². The van der Waals surface area contributed by atoms with Crippen molar-refractivity contribution in [3.8, 4) is 0 Å². The Morgan fingerprint density at radius 1 is 0.808 bits per heavy atom. The van der Waals surface area contributed by atoms with Crippen molar-refractivity contribution in [1.29, 1.82) is 0 Å². The van der Waals surface area contributed by atoms with Gasteiger partial charge in [-0.2, -0.15) is 0 Å². The first kappa shape index (κ1) is 27.9. The summed E-state index contributed by atoms with van der Waals surface area (Å²) in [4.78, 5) is 2.29. The number of rotatable bonds is 2. The maximum Gasteiger partial charge on any atom is 0.0184 e. The second-order valence-corrected chi connectivity index (χ2v) is 12.4. The van der Waals surface area contributed by atoms with Crippen molar-refractivity contribution in [3.05, 3.63) is 62.7 Å². The van der Waals surface area contributed by atoms with E-state index in [1.54, 1.807) is 0 Å². The minimum Gasteiger partial charge on any atom is -0.487 e. The van der Waals surface area contributed by atoms with Gasteiger partial charge in [0.2, 0.25) is 0 Å². The van der Waals surface area contributed by atoms with Crippen LogP contribution in [-0.2, 0) is 21.1 Å². The van der Waals surface area contributed by atoms with Gasteiger partial charge in [-0.1, -0.05) is 59.2 Å². The van der Waals surface area contributed by atoms with Crippen LogP contribution in [0.4, 0.5) is 5.69 Å². The third kappa shape index (κ3) is 6.10. The number of aryl methyl sites for hydroxylation is 3. The molecular weight excluding hydrogens is 518 g/mol. The van der Waals surface area contributed by atoms with Gasteiger partial charge in [-0.05, 0) is 62.7 Å². The molecule has 1 aliphatic heterocycles. The average molecular weight is 557 g/mol. The smallest absolute Gasteiger partial charge is 0.0184 e. The molecule has 26 heavy (non-hydrogen) atoms. The second kappa shape index (κ2) is 9.75. The van der Waals surface area contributed by atoms with Gasteiger partial charge in [0.15, 0.2) is 0 Å². The molecule has 0 aliphatic carbocycles. The molecule has 2 rings (SSSR count). The first-order chi connectivity index (χ1) is 10.4. The summed E-state index contributed by atoms with van der Waals surface area (Å²) in [5.41, 5.74) is 5.31. The zero-order chi connectivity index (χ0) is 17.6. The number of hydrogen-bond acceptors (Lipinski definition) is 2. The molecule has 0 bridgehead atoms. The van der Waals surface area contributed by atoms with E-state index >= 15 is 0 Å². The van der Waals surface area contributed by atoms with Crippen molar-refractivity contribution in [2.75, 3.05) is 4.90 Å². The molecule has 4 heteroatoms. The molecule has 2 nitrogen and oxygen atoms in total. The summed E-state index contributed by atoms with van der Waals surface area (Å²) in [5, 5.41) is 0.531. The third-order valence-corrected chi connectivity index (χ3v) is 7.26. The molecule has 0 fully saturated rings. The van der Waals surface area contributed by atoms with Crippen molar-refractivity contribution < 1.29 is 21.1 Å². The van der Waals surface area contributed by atoms with Gasteiger partial charge in [0.05, 0.1) is 0 Å². The fraction of sp³-hybridized carbons (Fsp3) is 0.500. The van der Waals surface area contributed by atoms with Gasteiger partial charge in [-0.3, -0.25) is 0 Å². The van der Waals surface area contributed by atoms with Gasteiger partial charge in [-0.15, -0.1) is 6.67 Å². The van der Waals surface area contributed by atoms with Crippen LogP contribution in [0.5, 0.6) is 0 Å². The molecule has 0 saturated carbocycles. The summed E-state index contributed by atoms with van der Waals surface area (Å²) < 4.78 is 2.45. The topological polar surface area (TPSA) is 6.48 Å². The van der Waals surface area contributed by atoms with E-state index in [1.807, 2.05) is 0 Å². The van der Waals surface area contributed by atoms with Crippen LogP contribution < -0.4 is 4.90 Å². The molecule has 1 aliphatic rings. The van der Waals surface area contributed by atoms with Crippen LogP contribution in [-0.4, -0.2) is 15.0 Å². The number of nitrogens with zero attached hydrogens (tertiary/aromatic N) is 2.